The van der Waals surface area contributed by atoms with Gasteiger partial charge in [0.05, 0.1) is 5.56 Å². The minimum absolute atomic E-state index is 0.0512. The molecule has 2 aromatic carbocycles. The summed E-state index contributed by atoms with van der Waals surface area (Å²) in [7, 11) is 1.65. The number of alkyl halides is 3. The molecule has 0 saturated heterocycles. The molecule has 0 N–H and O–H groups in total. The average molecular weight is 351 g/mol. The van der Waals surface area contributed by atoms with Gasteiger partial charge in [-0.2, -0.15) is 13.2 Å². The van der Waals surface area contributed by atoms with Gasteiger partial charge >= 0.3 is 6.18 Å². The lowest BCUT2D eigenvalue weighted by molar-refractivity contribution is -0.137. The summed E-state index contributed by atoms with van der Waals surface area (Å²) in [5, 5.41) is 0. The van der Waals surface area contributed by atoms with Crippen LogP contribution in [0.3, 0.4) is 0 Å². The lowest BCUT2D eigenvalue weighted by Crippen LogP contribution is -2.28. The minimum atomic E-state index is -4.36. The number of hydrogen-bond acceptors (Lipinski definition) is 1. The Labute approximate surface area is 143 Å². The van der Waals surface area contributed by atoms with Gasteiger partial charge in [0.25, 0.3) is 0 Å². The van der Waals surface area contributed by atoms with Crippen molar-refractivity contribution < 1.29 is 22.4 Å². The molecule has 0 radical (unpaired) electrons. The summed E-state index contributed by atoms with van der Waals surface area (Å²) >= 11 is 0. The van der Waals surface area contributed by atoms with Crippen LogP contribution in [0, 0.1) is 11.7 Å². The van der Waals surface area contributed by atoms with Crippen LogP contribution in [0.2, 0.25) is 0 Å². The minimum Gasteiger partial charge on any atom is -0.341 e. The van der Waals surface area contributed by atoms with E-state index in [4.69, 9.17) is 0 Å². The molecule has 3 rings (SSSR count). The number of rotatable bonds is 4. The Kier molecular flexibility index (Phi) is 4.54. The molecule has 1 fully saturated rings. The number of carbonyl (C=O) groups is 1. The molecule has 25 heavy (non-hydrogen) atoms. The van der Waals surface area contributed by atoms with Crippen LogP contribution in [0.5, 0.6) is 0 Å². The third-order valence-corrected chi connectivity index (χ3v) is 4.46. The Morgan fingerprint density at radius 2 is 1.84 bits per heavy atom. The van der Waals surface area contributed by atoms with Crippen LogP contribution in [0.15, 0.2) is 48.5 Å². The van der Waals surface area contributed by atoms with Gasteiger partial charge < -0.3 is 4.90 Å². The summed E-state index contributed by atoms with van der Waals surface area (Å²) < 4.78 is 51.0. The summed E-state index contributed by atoms with van der Waals surface area (Å²) in [4.78, 5) is 14.0. The van der Waals surface area contributed by atoms with Crippen molar-refractivity contribution in [3.8, 4) is 0 Å². The maximum atomic E-state index is 13.2. The molecule has 2 aromatic rings. The highest BCUT2D eigenvalue weighted by atomic mass is 19.4. The lowest BCUT2D eigenvalue weighted by atomic mass is 10.1. The van der Waals surface area contributed by atoms with Crippen LogP contribution in [0.25, 0.3) is 0 Å². The van der Waals surface area contributed by atoms with Gasteiger partial charge in [0.1, 0.15) is 5.82 Å². The first-order valence-electron chi connectivity index (χ1n) is 7.92. The van der Waals surface area contributed by atoms with Crippen molar-refractivity contribution in [3.63, 3.8) is 0 Å². The molecule has 0 aromatic heterocycles. The number of benzene rings is 2. The fourth-order valence-corrected chi connectivity index (χ4v) is 3.03. The predicted molar refractivity (Wildman–Crippen MR) is 85.2 cm³/mol. The molecule has 2 nitrogen and oxygen atoms in total. The van der Waals surface area contributed by atoms with Gasteiger partial charge in [-0.1, -0.05) is 24.3 Å². The lowest BCUT2D eigenvalue weighted by Gasteiger charge is -2.17. The van der Waals surface area contributed by atoms with Crippen molar-refractivity contribution in [1.29, 1.82) is 0 Å². The molecule has 1 aliphatic carbocycles. The van der Waals surface area contributed by atoms with Gasteiger partial charge in [-0.15, -0.1) is 0 Å². The molecule has 0 spiro atoms. The summed E-state index contributed by atoms with van der Waals surface area (Å²) in [6, 6.07) is 11.0. The predicted octanol–water partition coefficient (Wildman–Crippen LogP) is 4.61. The zero-order chi connectivity index (χ0) is 18.2. The van der Waals surface area contributed by atoms with Gasteiger partial charge in [-0.05, 0) is 47.7 Å². The second kappa shape index (κ2) is 6.50. The van der Waals surface area contributed by atoms with Crippen molar-refractivity contribution >= 4 is 5.91 Å². The van der Waals surface area contributed by atoms with E-state index in [2.05, 4.69) is 0 Å². The first kappa shape index (κ1) is 17.5. The van der Waals surface area contributed by atoms with Crippen molar-refractivity contribution in [3.05, 3.63) is 71.0 Å². The quantitative estimate of drug-likeness (QED) is 0.737. The summed E-state index contributed by atoms with van der Waals surface area (Å²) in [5.74, 6) is -0.707. The topological polar surface area (TPSA) is 20.3 Å². The zero-order valence-electron chi connectivity index (χ0n) is 13.6. The van der Waals surface area contributed by atoms with Gasteiger partial charge in [0.2, 0.25) is 5.91 Å². The van der Waals surface area contributed by atoms with Crippen molar-refractivity contribution in [1.82, 2.24) is 4.90 Å². The number of halogens is 4. The molecule has 2 atom stereocenters. The summed E-state index contributed by atoms with van der Waals surface area (Å²) in [6.07, 6.45) is -3.74. The third-order valence-electron chi connectivity index (χ3n) is 4.46. The Balaban J connectivity index is 1.61. The van der Waals surface area contributed by atoms with Gasteiger partial charge in [-0.25, -0.2) is 4.39 Å². The average Bonchev–Trinajstić information content (AvgIpc) is 3.34. The maximum Gasteiger partial charge on any atom is 0.416 e. The highest BCUT2D eigenvalue weighted by Crippen LogP contribution is 2.48. The monoisotopic (exact) mass is 351 g/mol. The van der Waals surface area contributed by atoms with E-state index in [1.165, 1.54) is 29.2 Å². The Morgan fingerprint density at radius 3 is 2.44 bits per heavy atom. The van der Waals surface area contributed by atoms with Crippen LogP contribution in [0.1, 0.15) is 29.0 Å². The molecular formula is C19H17F4NO. The fraction of sp³-hybridized carbons (Fsp3) is 0.316. The number of hydrogen-bond donors (Lipinski definition) is 0. The van der Waals surface area contributed by atoms with E-state index in [0.29, 0.717) is 18.5 Å². The van der Waals surface area contributed by atoms with Crippen LogP contribution in [-0.2, 0) is 17.5 Å². The summed E-state index contributed by atoms with van der Waals surface area (Å²) in [6.45, 7) is 0.298. The molecule has 0 heterocycles. The number of nitrogens with zero attached hydrogens (tertiary/aromatic N) is 1. The van der Waals surface area contributed by atoms with E-state index in [0.717, 1.165) is 17.7 Å². The van der Waals surface area contributed by atoms with E-state index < -0.39 is 11.7 Å². The van der Waals surface area contributed by atoms with Gasteiger partial charge in [0.15, 0.2) is 0 Å². The standard InChI is InChI=1S/C19H17F4NO/c1-24(11-12-3-2-4-15(20)9-12)18(25)17-10-16(17)13-5-7-14(8-6-13)19(21,22)23/h2-9,16-17H,10-11H2,1H3. The SMILES string of the molecule is CN(Cc1cccc(F)c1)C(=O)C1CC1c1ccc(C(F)(F)F)cc1. The van der Waals surface area contributed by atoms with Crippen LogP contribution in [0.4, 0.5) is 17.6 Å². The van der Waals surface area contributed by atoms with Crippen molar-refractivity contribution in [2.24, 2.45) is 5.92 Å². The molecule has 132 valence electrons. The maximum absolute atomic E-state index is 13.2. The highest BCUT2D eigenvalue weighted by Gasteiger charge is 2.45. The number of carbonyl (C=O) groups excluding carboxylic acids is 1. The van der Waals surface area contributed by atoms with Crippen molar-refractivity contribution in [2.75, 3.05) is 7.05 Å². The molecule has 2 unspecified atom stereocenters. The number of amides is 1. The second-order valence-corrected chi connectivity index (χ2v) is 6.39. The Bertz CT molecular complexity index is 770. The van der Waals surface area contributed by atoms with E-state index in [1.807, 2.05) is 0 Å². The van der Waals surface area contributed by atoms with Crippen molar-refractivity contribution in [2.45, 2.75) is 25.1 Å². The zero-order valence-corrected chi connectivity index (χ0v) is 13.6. The molecule has 1 aliphatic rings. The van der Waals surface area contributed by atoms with E-state index in [1.54, 1.807) is 19.2 Å². The van der Waals surface area contributed by atoms with E-state index >= 15 is 0 Å². The largest absolute Gasteiger partial charge is 0.416 e. The Hall–Kier alpha value is -2.37. The molecule has 6 heteroatoms. The molecule has 1 saturated carbocycles. The van der Waals surface area contributed by atoms with Crippen LogP contribution >= 0.6 is 0 Å². The highest BCUT2D eigenvalue weighted by molar-refractivity contribution is 5.82. The third kappa shape index (κ3) is 4.00. The normalized spacial score (nSPS) is 19.6. The smallest absolute Gasteiger partial charge is 0.341 e. The van der Waals surface area contributed by atoms with Crippen LogP contribution < -0.4 is 0 Å². The first-order chi connectivity index (χ1) is 11.8. The molecule has 0 aliphatic heterocycles. The van der Waals surface area contributed by atoms with E-state index in [9.17, 15) is 22.4 Å². The molecule has 1 amide bonds. The van der Waals surface area contributed by atoms with Gasteiger partial charge in [0, 0.05) is 19.5 Å². The summed E-state index contributed by atoms with van der Waals surface area (Å²) in [5.41, 5.74) is 0.746. The van der Waals surface area contributed by atoms with Gasteiger partial charge in [-0.3, -0.25) is 4.79 Å². The molecular weight excluding hydrogens is 334 g/mol. The fourth-order valence-electron chi connectivity index (χ4n) is 3.03. The van der Waals surface area contributed by atoms with Crippen LogP contribution in [-0.4, -0.2) is 17.9 Å². The first-order valence-corrected chi connectivity index (χ1v) is 7.92. The second-order valence-electron chi connectivity index (χ2n) is 6.39. The van der Waals surface area contributed by atoms with E-state index in [-0.39, 0.29) is 23.6 Å². The Morgan fingerprint density at radius 1 is 1.16 bits per heavy atom. The molecule has 0 bridgehead atoms.